The van der Waals surface area contributed by atoms with Gasteiger partial charge < -0.3 is 10.6 Å². The van der Waals surface area contributed by atoms with Crippen LogP contribution in [0, 0.1) is 0 Å². The van der Waals surface area contributed by atoms with E-state index in [9.17, 15) is 4.79 Å². The number of piperidine rings is 1. The minimum atomic E-state index is 0.0555. The summed E-state index contributed by atoms with van der Waals surface area (Å²) in [6, 6.07) is 8.30. The molecule has 1 aromatic rings. The Kier molecular flexibility index (Phi) is 8.94. The molecule has 1 fully saturated rings. The number of benzene rings is 1. The number of nitrogens with zero attached hydrogens (tertiary/aromatic N) is 2. The third-order valence-corrected chi connectivity index (χ3v) is 4.72. The van der Waals surface area contributed by atoms with E-state index in [1.54, 1.807) is 0 Å². The fraction of sp³-hybridized carbons (Fsp3) is 0.650. The average molecular weight is 347 g/mol. The van der Waals surface area contributed by atoms with Crippen LogP contribution < -0.4 is 10.6 Å². The van der Waals surface area contributed by atoms with Gasteiger partial charge in [-0.05, 0) is 83.7 Å². The predicted octanol–water partition coefficient (Wildman–Crippen LogP) is 2.54. The van der Waals surface area contributed by atoms with Gasteiger partial charge >= 0.3 is 0 Å². The molecule has 0 aliphatic carbocycles. The van der Waals surface area contributed by atoms with Crippen LogP contribution in [0.15, 0.2) is 24.3 Å². The largest absolute Gasteiger partial charge is 0.325 e. The van der Waals surface area contributed by atoms with Crippen LogP contribution in [0.5, 0.6) is 0 Å². The molecule has 0 atom stereocenters. The molecule has 0 unspecified atom stereocenters. The summed E-state index contributed by atoms with van der Waals surface area (Å²) in [4.78, 5) is 16.7. The standard InChI is InChI=1S/C20H34N4O/c1-21-12-4-7-13-23(2)17-20(25)22-19-10-8-18(9-11-19)16-24-14-5-3-6-15-24/h8-11,21H,3-7,12-17H2,1-2H3,(H,22,25). The number of likely N-dealkylation sites (tertiary alicyclic amines) is 1. The highest BCUT2D eigenvalue weighted by Gasteiger charge is 2.11. The number of carbonyl (C=O) groups excluding carboxylic acids is 1. The molecule has 140 valence electrons. The van der Waals surface area contributed by atoms with Crippen molar-refractivity contribution in [2.45, 2.75) is 38.6 Å². The first-order valence-electron chi connectivity index (χ1n) is 9.61. The van der Waals surface area contributed by atoms with Gasteiger partial charge in [0.15, 0.2) is 0 Å². The van der Waals surface area contributed by atoms with Crippen molar-refractivity contribution < 1.29 is 4.79 Å². The molecular weight excluding hydrogens is 312 g/mol. The van der Waals surface area contributed by atoms with E-state index in [1.165, 1.54) is 37.9 Å². The number of amides is 1. The number of hydrogen-bond donors (Lipinski definition) is 2. The Morgan fingerprint density at radius 3 is 2.52 bits per heavy atom. The van der Waals surface area contributed by atoms with E-state index in [4.69, 9.17) is 0 Å². The average Bonchev–Trinajstić information content (AvgIpc) is 2.61. The van der Waals surface area contributed by atoms with Gasteiger partial charge in [0.2, 0.25) is 5.91 Å². The lowest BCUT2D eigenvalue weighted by atomic mass is 10.1. The van der Waals surface area contributed by atoms with Gasteiger partial charge in [0.1, 0.15) is 0 Å². The first kappa shape index (κ1) is 19.9. The van der Waals surface area contributed by atoms with Crippen LogP contribution in [0.1, 0.15) is 37.7 Å². The summed E-state index contributed by atoms with van der Waals surface area (Å²) in [5.41, 5.74) is 2.21. The molecule has 0 bridgehead atoms. The summed E-state index contributed by atoms with van der Waals surface area (Å²) in [6.45, 7) is 5.85. The van der Waals surface area contributed by atoms with Crippen LogP contribution in [-0.4, -0.2) is 62.5 Å². The summed E-state index contributed by atoms with van der Waals surface area (Å²) in [6.07, 6.45) is 6.25. The third kappa shape index (κ3) is 7.99. The van der Waals surface area contributed by atoms with Gasteiger partial charge in [0.25, 0.3) is 0 Å². The maximum Gasteiger partial charge on any atom is 0.238 e. The molecule has 0 saturated carbocycles. The second-order valence-corrected chi connectivity index (χ2v) is 7.13. The van der Waals surface area contributed by atoms with E-state index < -0.39 is 0 Å². The highest BCUT2D eigenvalue weighted by atomic mass is 16.2. The Balaban J connectivity index is 1.69. The maximum atomic E-state index is 12.1. The van der Waals surface area contributed by atoms with Gasteiger partial charge in [-0.3, -0.25) is 14.6 Å². The lowest BCUT2D eigenvalue weighted by molar-refractivity contribution is -0.117. The Hall–Kier alpha value is -1.43. The van der Waals surface area contributed by atoms with Crippen LogP contribution in [0.2, 0.25) is 0 Å². The molecule has 2 rings (SSSR count). The molecule has 0 aromatic heterocycles. The number of rotatable bonds is 10. The van der Waals surface area contributed by atoms with Crippen molar-refractivity contribution in [1.29, 1.82) is 0 Å². The molecule has 1 aromatic carbocycles. The van der Waals surface area contributed by atoms with Crippen LogP contribution in [-0.2, 0) is 11.3 Å². The van der Waals surface area contributed by atoms with Crippen LogP contribution >= 0.6 is 0 Å². The van der Waals surface area contributed by atoms with E-state index in [0.717, 1.165) is 38.2 Å². The maximum absolute atomic E-state index is 12.1. The highest BCUT2D eigenvalue weighted by molar-refractivity contribution is 5.92. The Morgan fingerprint density at radius 2 is 1.84 bits per heavy atom. The molecule has 5 nitrogen and oxygen atoms in total. The quantitative estimate of drug-likeness (QED) is 0.639. The number of likely N-dealkylation sites (N-methyl/N-ethyl adjacent to an activating group) is 1. The minimum Gasteiger partial charge on any atom is -0.325 e. The number of nitrogens with one attached hydrogen (secondary N) is 2. The zero-order valence-electron chi connectivity index (χ0n) is 15.9. The van der Waals surface area contributed by atoms with Crippen molar-refractivity contribution in [2.24, 2.45) is 0 Å². The van der Waals surface area contributed by atoms with E-state index >= 15 is 0 Å². The topological polar surface area (TPSA) is 47.6 Å². The minimum absolute atomic E-state index is 0.0555. The first-order chi connectivity index (χ1) is 12.2. The Labute approximate surface area is 152 Å². The van der Waals surface area contributed by atoms with E-state index in [0.29, 0.717) is 6.54 Å². The predicted molar refractivity (Wildman–Crippen MR) is 105 cm³/mol. The van der Waals surface area contributed by atoms with Crippen LogP contribution in [0.4, 0.5) is 5.69 Å². The van der Waals surface area contributed by atoms with Gasteiger partial charge in [-0.2, -0.15) is 0 Å². The SMILES string of the molecule is CNCCCCN(C)CC(=O)Nc1ccc(CN2CCCCC2)cc1. The first-order valence-corrected chi connectivity index (χ1v) is 9.61. The number of unbranched alkanes of at least 4 members (excludes halogenated alkanes) is 1. The summed E-state index contributed by atoms with van der Waals surface area (Å²) in [7, 11) is 3.97. The lowest BCUT2D eigenvalue weighted by Gasteiger charge is -2.26. The zero-order valence-corrected chi connectivity index (χ0v) is 15.9. The molecule has 5 heteroatoms. The highest BCUT2D eigenvalue weighted by Crippen LogP contribution is 2.15. The number of anilines is 1. The van der Waals surface area contributed by atoms with Gasteiger partial charge in [0.05, 0.1) is 6.54 Å². The van der Waals surface area contributed by atoms with Crippen molar-refractivity contribution in [3.05, 3.63) is 29.8 Å². The molecule has 1 heterocycles. The number of hydrogen-bond acceptors (Lipinski definition) is 4. The van der Waals surface area contributed by atoms with Crippen LogP contribution in [0.25, 0.3) is 0 Å². The summed E-state index contributed by atoms with van der Waals surface area (Å²) < 4.78 is 0. The molecule has 0 spiro atoms. The Bertz CT molecular complexity index is 497. The smallest absolute Gasteiger partial charge is 0.238 e. The molecular formula is C20H34N4O. The third-order valence-electron chi connectivity index (χ3n) is 4.72. The van der Waals surface area contributed by atoms with E-state index in [-0.39, 0.29) is 5.91 Å². The summed E-state index contributed by atoms with van der Waals surface area (Å²) in [5.74, 6) is 0.0555. The zero-order chi connectivity index (χ0) is 17.9. The van der Waals surface area contributed by atoms with Gasteiger partial charge in [-0.25, -0.2) is 0 Å². The molecule has 1 aliphatic rings. The van der Waals surface area contributed by atoms with Gasteiger partial charge in [-0.1, -0.05) is 18.6 Å². The van der Waals surface area contributed by atoms with Gasteiger partial charge in [0, 0.05) is 12.2 Å². The number of carbonyl (C=O) groups is 1. The van der Waals surface area contributed by atoms with E-state index in [2.05, 4.69) is 32.6 Å². The fourth-order valence-corrected chi connectivity index (χ4v) is 3.28. The molecule has 1 amide bonds. The summed E-state index contributed by atoms with van der Waals surface area (Å²) >= 11 is 0. The lowest BCUT2D eigenvalue weighted by Crippen LogP contribution is -2.31. The van der Waals surface area contributed by atoms with Crippen molar-refractivity contribution in [1.82, 2.24) is 15.1 Å². The van der Waals surface area contributed by atoms with Crippen molar-refractivity contribution in [3.63, 3.8) is 0 Å². The second-order valence-electron chi connectivity index (χ2n) is 7.13. The fourth-order valence-electron chi connectivity index (χ4n) is 3.28. The van der Waals surface area contributed by atoms with Crippen molar-refractivity contribution >= 4 is 11.6 Å². The van der Waals surface area contributed by atoms with Crippen molar-refractivity contribution in [3.8, 4) is 0 Å². The Morgan fingerprint density at radius 1 is 1.12 bits per heavy atom. The normalized spacial score (nSPS) is 15.5. The summed E-state index contributed by atoms with van der Waals surface area (Å²) in [5, 5.41) is 6.14. The molecule has 0 radical (unpaired) electrons. The molecule has 25 heavy (non-hydrogen) atoms. The monoisotopic (exact) mass is 346 g/mol. The van der Waals surface area contributed by atoms with Crippen molar-refractivity contribution in [2.75, 3.05) is 52.1 Å². The van der Waals surface area contributed by atoms with Crippen LogP contribution in [0.3, 0.4) is 0 Å². The molecule has 2 N–H and O–H groups in total. The second kappa shape index (κ2) is 11.2. The van der Waals surface area contributed by atoms with E-state index in [1.807, 2.05) is 26.2 Å². The molecule has 1 aliphatic heterocycles. The molecule has 1 saturated heterocycles. The van der Waals surface area contributed by atoms with Gasteiger partial charge in [-0.15, -0.1) is 0 Å².